The number of nitrogens with zero attached hydrogens (tertiary/aromatic N) is 1. The Labute approximate surface area is 218 Å². The standard InChI is InChI=1S/C27H38N4O6/c1-31(2)21-13-11-20(12-14-21)26(33)29-22(8-6-5-7-9-25(32)30-35)27(34)28-17-16-19-10-15-23(36-3)24(18-19)37-4/h10-15,18,22,35H,5-9,16-17H2,1-4H3,(H,28,34)(H,29,33)(H,30,32)/t22-/m0/s1. The van der Waals surface area contributed by atoms with E-state index in [-0.39, 0.29) is 18.2 Å². The molecule has 0 aliphatic rings. The van der Waals surface area contributed by atoms with Crippen LogP contribution in [-0.4, -0.2) is 63.8 Å². The summed E-state index contributed by atoms with van der Waals surface area (Å²) in [6, 6.07) is 12.0. The molecule has 0 aliphatic carbocycles. The molecule has 1 atom stereocenters. The summed E-state index contributed by atoms with van der Waals surface area (Å²) < 4.78 is 10.6. The molecule has 0 spiro atoms. The van der Waals surface area contributed by atoms with Gasteiger partial charge in [-0.1, -0.05) is 18.9 Å². The molecular formula is C27H38N4O6. The van der Waals surface area contributed by atoms with Crippen LogP contribution in [0.15, 0.2) is 42.5 Å². The number of amides is 3. The van der Waals surface area contributed by atoms with Gasteiger partial charge in [0.15, 0.2) is 11.5 Å². The first-order valence-electron chi connectivity index (χ1n) is 12.3. The number of anilines is 1. The number of carbonyl (C=O) groups is 3. The Morgan fingerprint density at radius 2 is 1.65 bits per heavy atom. The Bertz CT molecular complexity index is 1030. The van der Waals surface area contributed by atoms with E-state index in [9.17, 15) is 14.4 Å². The molecule has 0 aliphatic heterocycles. The van der Waals surface area contributed by atoms with Gasteiger partial charge in [0, 0.05) is 38.3 Å². The summed E-state index contributed by atoms with van der Waals surface area (Å²) in [5.41, 5.74) is 4.02. The summed E-state index contributed by atoms with van der Waals surface area (Å²) >= 11 is 0. The van der Waals surface area contributed by atoms with Crippen molar-refractivity contribution in [1.29, 1.82) is 0 Å². The Kier molecular flexibility index (Phi) is 12.2. The van der Waals surface area contributed by atoms with E-state index in [4.69, 9.17) is 14.7 Å². The van der Waals surface area contributed by atoms with Crippen molar-refractivity contribution < 1.29 is 29.1 Å². The molecule has 0 radical (unpaired) electrons. The lowest BCUT2D eigenvalue weighted by atomic mass is 10.0. The van der Waals surface area contributed by atoms with Crippen molar-refractivity contribution in [3.63, 3.8) is 0 Å². The lowest BCUT2D eigenvalue weighted by molar-refractivity contribution is -0.129. The zero-order valence-electron chi connectivity index (χ0n) is 22.0. The van der Waals surface area contributed by atoms with Crippen molar-refractivity contribution in [2.45, 2.75) is 44.6 Å². The summed E-state index contributed by atoms with van der Waals surface area (Å²) in [7, 11) is 6.98. The van der Waals surface area contributed by atoms with Crippen molar-refractivity contribution >= 4 is 23.4 Å². The maximum atomic E-state index is 13.0. The molecule has 0 saturated carbocycles. The van der Waals surface area contributed by atoms with E-state index in [0.29, 0.717) is 55.7 Å². The second kappa shape index (κ2) is 15.4. The first kappa shape index (κ1) is 29.4. The number of hydroxylamine groups is 1. The van der Waals surface area contributed by atoms with E-state index in [1.165, 1.54) is 0 Å². The van der Waals surface area contributed by atoms with E-state index in [2.05, 4.69) is 10.6 Å². The molecule has 0 unspecified atom stereocenters. The quantitative estimate of drug-likeness (QED) is 0.163. The number of rotatable bonds is 15. The van der Waals surface area contributed by atoms with Crippen molar-refractivity contribution in [2.75, 3.05) is 39.8 Å². The summed E-state index contributed by atoms with van der Waals surface area (Å²) in [6.07, 6.45) is 3.07. The van der Waals surface area contributed by atoms with Gasteiger partial charge in [-0.25, -0.2) is 5.48 Å². The van der Waals surface area contributed by atoms with Crippen LogP contribution in [0.4, 0.5) is 5.69 Å². The highest BCUT2D eigenvalue weighted by atomic mass is 16.5. The Balaban J connectivity index is 1.98. The van der Waals surface area contributed by atoms with E-state index in [0.717, 1.165) is 11.3 Å². The molecule has 2 aromatic rings. The van der Waals surface area contributed by atoms with Crippen LogP contribution in [0.3, 0.4) is 0 Å². The highest BCUT2D eigenvalue weighted by Crippen LogP contribution is 2.27. The van der Waals surface area contributed by atoms with Crippen LogP contribution in [0.1, 0.15) is 48.0 Å². The molecule has 0 heterocycles. The van der Waals surface area contributed by atoms with Gasteiger partial charge in [-0.3, -0.25) is 19.6 Å². The zero-order valence-corrected chi connectivity index (χ0v) is 22.0. The fraction of sp³-hybridized carbons (Fsp3) is 0.444. The number of methoxy groups -OCH3 is 2. The summed E-state index contributed by atoms with van der Waals surface area (Å²) in [5.74, 6) is 0.204. The molecule has 10 nitrogen and oxygen atoms in total. The maximum Gasteiger partial charge on any atom is 0.251 e. The predicted octanol–water partition coefficient (Wildman–Crippen LogP) is 2.68. The predicted molar refractivity (Wildman–Crippen MR) is 141 cm³/mol. The van der Waals surface area contributed by atoms with Gasteiger partial charge in [-0.05, 0) is 61.2 Å². The Hall–Kier alpha value is -3.79. The molecule has 0 saturated heterocycles. The smallest absolute Gasteiger partial charge is 0.251 e. The number of unbranched alkanes of at least 4 members (excludes halogenated alkanes) is 2. The van der Waals surface area contributed by atoms with E-state index >= 15 is 0 Å². The lowest BCUT2D eigenvalue weighted by Gasteiger charge is -2.19. The van der Waals surface area contributed by atoms with Crippen LogP contribution in [0, 0.1) is 0 Å². The molecule has 2 aromatic carbocycles. The van der Waals surface area contributed by atoms with Crippen molar-refractivity contribution in [3.8, 4) is 11.5 Å². The largest absolute Gasteiger partial charge is 0.493 e. The van der Waals surface area contributed by atoms with Crippen molar-refractivity contribution in [1.82, 2.24) is 16.1 Å². The average molecular weight is 515 g/mol. The van der Waals surface area contributed by atoms with Crippen LogP contribution in [0.25, 0.3) is 0 Å². The number of hydrogen-bond acceptors (Lipinski definition) is 7. The van der Waals surface area contributed by atoms with Crippen LogP contribution < -0.4 is 30.5 Å². The van der Waals surface area contributed by atoms with Crippen LogP contribution in [-0.2, 0) is 16.0 Å². The number of benzene rings is 2. The van der Waals surface area contributed by atoms with Crippen LogP contribution >= 0.6 is 0 Å². The minimum absolute atomic E-state index is 0.198. The lowest BCUT2D eigenvalue weighted by Crippen LogP contribution is -2.47. The molecule has 202 valence electrons. The minimum Gasteiger partial charge on any atom is -0.493 e. The summed E-state index contributed by atoms with van der Waals surface area (Å²) in [6.45, 7) is 0.384. The molecule has 4 N–H and O–H groups in total. The Morgan fingerprint density at radius 3 is 2.27 bits per heavy atom. The number of carbonyl (C=O) groups excluding carboxylic acids is 3. The van der Waals surface area contributed by atoms with Gasteiger partial charge in [-0.2, -0.15) is 0 Å². The fourth-order valence-corrected chi connectivity index (χ4v) is 3.78. The topological polar surface area (TPSA) is 129 Å². The van der Waals surface area contributed by atoms with Gasteiger partial charge in [0.25, 0.3) is 5.91 Å². The van der Waals surface area contributed by atoms with Gasteiger partial charge in [0.05, 0.1) is 14.2 Å². The maximum absolute atomic E-state index is 13.0. The molecule has 2 rings (SSSR count). The third kappa shape index (κ3) is 9.64. The second-order valence-electron chi connectivity index (χ2n) is 8.83. The van der Waals surface area contributed by atoms with E-state index < -0.39 is 11.9 Å². The second-order valence-corrected chi connectivity index (χ2v) is 8.83. The normalized spacial score (nSPS) is 11.3. The number of nitrogens with one attached hydrogen (secondary N) is 3. The average Bonchev–Trinajstić information content (AvgIpc) is 2.91. The molecule has 10 heteroatoms. The van der Waals surface area contributed by atoms with E-state index in [1.807, 2.05) is 49.3 Å². The van der Waals surface area contributed by atoms with Gasteiger partial charge in [-0.15, -0.1) is 0 Å². The number of hydrogen-bond donors (Lipinski definition) is 4. The van der Waals surface area contributed by atoms with Crippen LogP contribution in [0.5, 0.6) is 11.5 Å². The fourth-order valence-electron chi connectivity index (χ4n) is 3.78. The van der Waals surface area contributed by atoms with Gasteiger partial charge >= 0.3 is 0 Å². The summed E-state index contributed by atoms with van der Waals surface area (Å²) in [5, 5.41) is 14.4. The zero-order chi connectivity index (χ0) is 27.2. The van der Waals surface area contributed by atoms with Gasteiger partial charge in [0.1, 0.15) is 6.04 Å². The first-order chi connectivity index (χ1) is 17.8. The summed E-state index contributed by atoms with van der Waals surface area (Å²) in [4.78, 5) is 39.0. The minimum atomic E-state index is -0.724. The SMILES string of the molecule is COc1ccc(CCNC(=O)[C@H](CCCCCC(=O)NO)NC(=O)c2ccc(N(C)C)cc2)cc1OC. The van der Waals surface area contributed by atoms with Crippen LogP contribution in [0.2, 0.25) is 0 Å². The third-order valence-electron chi connectivity index (χ3n) is 5.95. The number of ether oxygens (including phenoxy) is 2. The Morgan fingerprint density at radius 1 is 0.946 bits per heavy atom. The van der Waals surface area contributed by atoms with Crippen molar-refractivity contribution in [3.05, 3.63) is 53.6 Å². The first-order valence-corrected chi connectivity index (χ1v) is 12.3. The van der Waals surface area contributed by atoms with Gasteiger partial charge < -0.3 is 25.0 Å². The molecule has 0 bridgehead atoms. The van der Waals surface area contributed by atoms with E-state index in [1.54, 1.807) is 31.8 Å². The third-order valence-corrected chi connectivity index (χ3v) is 5.95. The molecule has 3 amide bonds. The highest BCUT2D eigenvalue weighted by molar-refractivity contribution is 5.97. The van der Waals surface area contributed by atoms with Gasteiger partial charge in [0.2, 0.25) is 11.8 Å². The monoisotopic (exact) mass is 514 g/mol. The molecular weight excluding hydrogens is 476 g/mol. The molecule has 37 heavy (non-hydrogen) atoms. The molecule has 0 fully saturated rings. The molecule has 0 aromatic heterocycles. The van der Waals surface area contributed by atoms with Crippen molar-refractivity contribution in [2.24, 2.45) is 0 Å². The highest BCUT2D eigenvalue weighted by Gasteiger charge is 2.21.